The maximum atomic E-state index is 11.7. The van der Waals surface area contributed by atoms with Crippen molar-refractivity contribution in [2.24, 2.45) is 5.73 Å². The highest BCUT2D eigenvalue weighted by Crippen LogP contribution is 2.04. The van der Waals surface area contributed by atoms with Crippen LogP contribution in [0, 0.1) is 0 Å². The van der Waals surface area contributed by atoms with E-state index in [1.165, 1.54) is 0 Å². The van der Waals surface area contributed by atoms with Gasteiger partial charge in [-0.25, -0.2) is 0 Å². The molecule has 0 fully saturated rings. The molecule has 0 aliphatic heterocycles. The second-order valence-corrected chi connectivity index (χ2v) is 3.72. The summed E-state index contributed by atoms with van der Waals surface area (Å²) in [4.78, 5) is 22.7. The van der Waals surface area contributed by atoms with Crippen LogP contribution in [0.25, 0.3) is 0 Å². The van der Waals surface area contributed by atoms with Gasteiger partial charge in [0.25, 0.3) is 5.91 Å². The topological polar surface area (TPSA) is 81.4 Å². The number of esters is 1. The van der Waals surface area contributed by atoms with Gasteiger partial charge in [-0.3, -0.25) is 9.59 Å². The lowest BCUT2D eigenvalue weighted by Gasteiger charge is -2.05. The van der Waals surface area contributed by atoms with Gasteiger partial charge in [-0.2, -0.15) is 0 Å². The number of hydrogen-bond acceptors (Lipinski definition) is 4. The molecule has 98 valence electrons. The highest BCUT2D eigenvalue weighted by molar-refractivity contribution is 5.95. The fraction of sp³-hybridized carbons (Fsp3) is 0.385. The Hall–Kier alpha value is -1.88. The number of benzene rings is 1. The number of amides is 1. The first-order valence-corrected chi connectivity index (χ1v) is 5.90. The van der Waals surface area contributed by atoms with Crippen LogP contribution in [0.5, 0.6) is 0 Å². The maximum Gasteiger partial charge on any atom is 0.325 e. The van der Waals surface area contributed by atoms with Gasteiger partial charge in [0.1, 0.15) is 6.54 Å². The molecule has 0 heterocycles. The molecule has 0 saturated heterocycles. The van der Waals surface area contributed by atoms with Gasteiger partial charge in [0.15, 0.2) is 0 Å². The average molecular weight is 250 g/mol. The summed E-state index contributed by atoms with van der Waals surface area (Å²) in [5, 5.41) is 2.50. The van der Waals surface area contributed by atoms with Gasteiger partial charge < -0.3 is 15.8 Å². The fourth-order valence-corrected chi connectivity index (χ4v) is 1.46. The molecule has 1 amide bonds. The Morgan fingerprint density at radius 3 is 2.50 bits per heavy atom. The van der Waals surface area contributed by atoms with Crippen LogP contribution in [-0.2, 0) is 16.0 Å². The zero-order valence-electron chi connectivity index (χ0n) is 10.4. The van der Waals surface area contributed by atoms with Crippen LogP contribution in [0.15, 0.2) is 24.3 Å². The molecular formula is C13H18N2O3. The first-order chi connectivity index (χ1) is 8.67. The van der Waals surface area contributed by atoms with Gasteiger partial charge in [-0.1, -0.05) is 12.1 Å². The van der Waals surface area contributed by atoms with Crippen molar-refractivity contribution in [1.82, 2.24) is 5.32 Å². The minimum atomic E-state index is -0.439. The van der Waals surface area contributed by atoms with Crippen molar-refractivity contribution >= 4 is 11.9 Å². The second-order valence-electron chi connectivity index (χ2n) is 3.72. The quantitative estimate of drug-likeness (QED) is 0.719. The summed E-state index contributed by atoms with van der Waals surface area (Å²) < 4.78 is 4.71. The van der Waals surface area contributed by atoms with Crippen molar-refractivity contribution in [3.63, 3.8) is 0 Å². The zero-order valence-corrected chi connectivity index (χ0v) is 10.4. The van der Waals surface area contributed by atoms with Crippen molar-refractivity contribution in [2.75, 3.05) is 19.7 Å². The highest BCUT2D eigenvalue weighted by atomic mass is 16.5. The molecule has 0 unspecified atom stereocenters. The zero-order chi connectivity index (χ0) is 13.4. The van der Waals surface area contributed by atoms with Gasteiger partial charge in [0.05, 0.1) is 6.61 Å². The summed E-state index contributed by atoms with van der Waals surface area (Å²) in [5.74, 6) is -0.729. The Bertz CT molecular complexity index is 401. The van der Waals surface area contributed by atoms with E-state index in [0.717, 1.165) is 12.0 Å². The summed E-state index contributed by atoms with van der Waals surface area (Å²) in [6, 6.07) is 7.13. The Kier molecular flexibility index (Phi) is 5.87. The minimum absolute atomic E-state index is 0.114. The Morgan fingerprint density at radius 2 is 1.94 bits per heavy atom. The first-order valence-electron chi connectivity index (χ1n) is 5.90. The lowest BCUT2D eigenvalue weighted by Crippen LogP contribution is -2.30. The van der Waals surface area contributed by atoms with Crippen LogP contribution in [0.3, 0.4) is 0 Å². The van der Waals surface area contributed by atoms with Crippen LogP contribution in [-0.4, -0.2) is 31.6 Å². The third-order valence-corrected chi connectivity index (χ3v) is 2.35. The number of ether oxygens (including phenoxy) is 1. The van der Waals surface area contributed by atoms with Crippen LogP contribution in [0.2, 0.25) is 0 Å². The number of nitrogens with one attached hydrogen (secondary N) is 1. The van der Waals surface area contributed by atoms with Crippen molar-refractivity contribution < 1.29 is 14.3 Å². The molecule has 0 aliphatic carbocycles. The molecule has 1 aromatic rings. The van der Waals surface area contributed by atoms with E-state index in [4.69, 9.17) is 10.5 Å². The van der Waals surface area contributed by atoms with E-state index in [2.05, 4.69) is 5.32 Å². The third kappa shape index (κ3) is 4.55. The third-order valence-electron chi connectivity index (χ3n) is 2.35. The lowest BCUT2D eigenvalue weighted by atomic mass is 10.1. The van der Waals surface area contributed by atoms with Gasteiger partial charge >= 0.3 is 5.97 Å². The van der Waals surface area contributed by atoms with Crippen LogP contribution in [0.4, 0.5) is 0 Å². The molecule has 3 N–H and O–H groups in total. The van der Waals surface area contributed by atoms with Gasteiger partial charge in [0.2, 0.25) is 0 Å². The first kappa shape index (κ1) is 14.2. The predicted molar refractivity (Wildman–Crippen MR) is 68.2 cm³/mol. The number of carbonyl (C=O) groups excluding carboxylic acids is 2. The molecule has 0 spiro atoms. The number of nitrogens with two attached hydrogens (primary N) is 1. The summed E-state index contributed by atoms with van der Waals surface area (Å²) in [7, 11) is 0. The summed E-state index contributed by atoms with van der Waals surface area (Å²) in [6.07, 6.45) is 0.782. The van der Waals surface area contributed by atoms with Crippen LogP contribution in [0.1, 0.15) is 22.8 Å². The molecule has 5 heteroatoms. The summed E-state index contributed by atoms with van der Waals surface area (Å²) >= 11 is 0. The van der Waals surface area contributed by atoms with E-state index in [9.17, 15) is 9.59 Å². The molecule has 0 aliphatic rings. The van der Waals surface area contributed by atoms with E-state index in [0.29, 0.717) is 18.7 Å². The molecular weight excluding hydrogens is 232 g/mol. The summed E-state index contributed by atoms with van der Waals surface area (Å²) in [6.45, 7) is 2.49. The van der Waals surface area contributed by atoms with Crippen LogP contribution < -0.4 is 11.1 Å². The van der Waals surface area contributed by atoms with Crippen LogP contribution >= 0.6 is 0 Å². The SMILES string of the molecule is CCOC(=O)CNC(=O)c1ccc(CCN)cc1. The van der Waals surface area contributed by atoms with Crippen molar-refractivity contribution in [3.05, 3.63) is 35.4 Å². The molecule has 0 bridgehead atoms. The van der Waals surface area contributed by atoms with Crippen molar-refractivity contribution in [2.45, 2.75) is 13.3 Å². The highest BCUT2D eigenvalue weighted by Gasteiger charge is 2.08. The molecule has 1 rings (SSSR count). The van der Waals surface area contributed by atoms with Crippen molar-refractivity contribution in [3.8, 4) is 0 Å². The molecule has 18 heavy (non-hydrogen) atoms. The molecule has 5 nitrogen and oxygen atoms in total. The van der Waals surface area contributed by atoms with Gasteiger partial charge in [-0.15, -0.1) is 0 Å². The summed E-state index contributed by atoms with van der Waals surface area (Å²) in [5.41, 5.74) is 7.03. The normalized spacial score (nSPS) is 9.89. The number of carbonyl (C=O) groups is 2. The van der Waals surface area contributed by atoms with E-state index >= 15 is 0 Å². The number of rotatable bonds is 6. The average Bonchev–Trinajstić information content (AvgIpc) is 2.37. The molecule has 1 aromatic carbocycles. The fourth-order valence-electron chi connectivity index (χ4n) is 1.46. The smallest absolute Gasteiger partial charge is 0.325 e. The molecule has 0 radical (unpaired) electrons. The molecule has 0 aromatic heterocycles. The van der Waals surface area contributed by atoms with Gasteiger partial charge in [0, 0.05) is 5.56 Å². The Labute approximate surface area is 106 Å². The Balaban J connectivity index is 2.48. The largest absolute Gasteiger partial charge is 0.465 e. The van der Waals surface area contributed by atoms with Crippen molar-refractivity contribution in [1.29, 1.82) is 0 Å². The van der Waals surface area contributed by atoms with E-state index in [-0.39, 0.29) is 12.5 Å². The molecule has 0 atom stereocenters. The Morgan fingerprint density at radius 1 is 1.28 bits per heavy atom. The van der Waals surface area contributed by atoms with E-state index in [1.54, 1.807) is 19.1 Å². The minimum Gasteiger partial charge on any atom is -0.465 e. The monoisotopic (exact) mass is 250 g/mol. The predicted octanol–water partition coefficient (Wildman–Crippen LogP) is 0.481. The lowest BCUT2D eigenvalue weighted by molar-refractivity contribution is -0.141. The number of hydrogen-bond donors (Lipinski definition) is 2. The maximum absolute atomic E-state index is 11.7. The van der Waals surface area contributed by atoms with E-state index < -0.39 is 5.97 Å². The second kappa shape index (κ2) is 7.45. The van der Waals surface area contributed by atoms with E-state index in [1.807, 2.05) is 12.1 Å². The van der Waals surface area contributed by atoms with Gasteiger partial charge in [-0.05, 0) is 37.6 Å². The standard InChI is InChI=1S/C13H18N2O3/c1-2-18-12(16)9-15-13(17)11-5-3-10(4-6-11)7-8-14/h3-6H,2,7-9,14H2,1H3,(H,15,17). The molecule has 0 saturated carbocycles.